The molecule has 1 aromatic heterocycles. The molecule has 0 bridgehead atoms. The van der Waals surface area contributed by atoms with Crippen LogP contribution in [0.5, 0.6) is 0 Å². The number of aliphatic hydroxyl groups is 2. The number of rotatable bonds is 7. The van der Waals surface area contributed by atoms with E-state index in [9.17, 15) is 10.2 Å². The second-order valence-corrected chi connectivity index (χ2v) is 14.4. The van der Waals surface area contributed by atoms with E-state index in [1.54, 1.807) is 0 Å². The van der Waals surface area contributed by atoms with Gasteiger partial charge in [-0.05, 0) is 89.5 Å². The summed E-state index contributed by atoms with van der Waals surface area (Å²) in [6, 6.07) is 8.42. The third kappa shape index (κ3) is 7.52. The Kier molecular flexibility index (Phi) is 10.7. The molecule has 2 atom stereocenters. The molecule has 38 heavy (non-hydrogen) atoms. The van der Waals surface area contributed by atoms with Crippen LogP contribution >= 0.6 is 11.8 Å². The van der Waals surface area contributed by atoms with Gasteiger partial charge in [0.05, 0.1) is 6.10 Å². The van der Waals surface area contributed by atoms with Crippen molar-refractivity contribution in [2.75, 3.05) is 6.26 Å². The highest BCUT2D eigenvalue weighted by Crippen LogP contribution is 2.48. The summed E-state index contributed by atoms with van der Waals surface area (Å²) in [6.07, 6.45) is 8.93. The number of thioether (sulfide) groups is 1. The molecule has 4 heteroatoms. The van der Waals surface area contributed by atoms with Gasteiger partial charge in [-0.1, -0.05) is 85.7 Å². The van der Waals surface area contributed by atoms with E-state index in [-0.39, 0.29) is 11.3 Å². The zero-order chi connectivity index (χ0) is 28.2. The highest BCUT2D eigenvalue weighted by Gasteiger charge is 2.38. The van der Waals surface area contributed by atoms with Gasteiger partial charge in [-0.15, -0.1) is 0 Å². The summed E-state index contributed by atoms with van der Waals surface area (Å²) < 4.78 is 0. The lowest BCUT2D eigenvalue weighted by atomic mass is 9.71. The normalized spacial score (nSPS) is 19.3. The molecule has 2 N–H and O–H groups in total. The third-order valence-electron chi connectivity index (χ3n) is 7.70. The van der Waals surface area contributed by atoms with Gasteiger partial charge in [0, 0.05) is 22.5 Å². The van der Waals surface area contributed by atoms with Crippen molar-refractivity contribution < 1.29 is 10.2 Å². The summed E-state index contributed by atoms with van der Waals surface area (Å²) in [4.78, 5) is 5.15. The minimum atomic E-state index is -0.757. The molecule has 0 amide bonds. The van der Waals surface area contributed by atoms with Gasteiger partial charge < -0.3 is 10.2 Å². The number of fused-ring (bicyclic) bond motifs is 1. The van der Waals surface area contributed by atoms with Gasteiger partial charge in [0.2, 0.25) is 0 Å². The van der Waals surface area contributed by atoms with E-state index >= 15 is 0 Å². The Balaban J connectivity index is 0.000000732. The maximum atomic E-state index is 11.8. The zero-order valence-corrected chi connectivity index (χ0v) is 26.1. The predicted molar refractivity (Wildman–Crippen MR) is 165 cm³/mol. The molecule has 210 valence electrons. The topological polar surface area (TPSA) is 53.4 Å². The van der Waals surface area contributed by atoms with Crippen LogP contribution in [0.1, 0.15) is 138 Å². The van der Waals surface area contributed by atoms with Crippen LogP contribution in [0.25, 0.3) is 5.57 Å². The van der Waals surface area contributed by atoms with E-state index in [0.29, 0.717) is 5.92 Å². The number of allylic oxidation sites excluding steroid dienone is 2. The molecule has 2 aliphatic carbocycles. The standard InChI is InChI=1S/C30H41NO2.C4H10S/c1-18(2)15-20-11-13-22(14-12-20)29(33)27-25(21-9-7-8-10-21)26-23(31-28(27)19(3)4)16-30(5,6)17-24(26)32;1-4(2)5-3/h9,11-14,18-19,24,29,32-33H,7-8,10,15-17H2,1-6H3;4H,1-3H3. The minimum Gasteiger partial charge on any atom is -0.388 e. The number of aliphatic hydroxyl groups excluding tert-OH is 2. The first-order chi connectivity index (χ1) is 17.8. The van der Waals surface area contributed by atoms with Crippen molar-refractivity contribution in [3.8, 4) is 0 Å². The molecule has 4 rings (SSSR count). The molecule has 0 fully saturated rings. The zero-order valence-electron chi connectivity index (χ0n) is 25.3. The van der Waals surface area contributed by atoms with E-state index in [2.05, 4.69) is 92.0 Å². The van der Waals surface area contributed by atoms with E-state index in [0.717, 1.165) is 77.4 Å². The second kappa shape index (κ2) is 13.2. The van der Waals surface area contributed by atoms with Gasteiger partial charge in [0.1, 0.15) is 6.10 Å². The van der Waals surface area contributed by atoms with E-state index in [4.69, 9.17) is 4.98 Å². The van der Waals surface area contributed by atoms with Crippen LogP contribution in [0.2, 0.25) is 0 Å². The lowest BCUT2D eigenvalue weighted by Crippen LogP contribution is -2.29. The smallest absolute Gasteiger partial charge is 0.106 e. The van der Waals surface area contributed by atoms with Crippen molar-refractivity contribution in [3.05, 3.63) is 69.5 Å². The van der Waals surface area contributed by atoms with Gasteiger partial charge in [0.25, 0.3) is 0 Å². The molecular formula is C34H51NO2S. The number of pyridine rings is 1. The number of hydrogen-bond donors (Lipinski definition) is 2. The summed E-state index contributed by atoms with van der Waals surface area (Å²) in [7, 11) is 0. The van der Waals surface area contributed by atoms with Crippen LogP contribution in [-0.2, 0) is 12.8 Å². The van der Waals surface area contributed by atoms with E-state index in [1.165, 1.54) is 11.1 Å². The first-order valence-electron chi connectivity index (χ1n) is 14.6. The minimum absolute atomic E-state index is 0.0152. The van der Waals surface area contributed by atoms with Crippen molar-refractivity contribution in [1.82, 2.24) is 4.98 Å². The van der Waals surface area contributed by atoms with Gasteiger partial charge >= 0.3 is 0 Å². The lowest BCUT2D eigenvalue weighted by molar-refractivity contribution is 0.0972. The molecule has 0 spiro atoms. The van der Waals surface area contributed by atoms with Crippen LogP contribution < -0.4 is 0 Å². The fraction of sp³-hybridized carbons (Fsp3) is 0.618. The molecule has 0 aliphatic heterocycles. The number of hydrogen-bond acceptors (Lipinski definition) is 4. The van der Waals surface area contributed by atoms with Crippen LogP contribution in [-0.4, -0.2) is 26.7 Å². The van der Waals surface area contributed by atoms with E-state index < -0.39 is 12.2 Å². The first-order valence-corrected chi connectivity index (χ1v) is 15.9. The summed E-state index contributed by atoms with van der Waals surface area (Å²) in [5.41, 5.74) is 8.45. The van der Waals surface area contributed by atoms with Crippen molar-refractivity contribution >= 4 is 17.3 Å². The van der Waals surface area contributed by atoms with Gasteiger partial charge in [0.15, 0.2) is 0 Å². The maximum Gasteiger partial charge on any atom is 0.106 e. The molecule has 1 heterocycles. The quantitative estimate of drug-likeness (QED) is 0.370. The summed E-state index contributed by atoms with van der Waals surface area (Å²) in [5.74, 6) is 0.785. The monoisotopic (exact) mass is 537 g/mol. The maximum absolute atomic E-state index is 11.8. The van der Waals surface area contributed by atoms with Crippen molar-refractivity contribution in [1.29, 1.82) is 0 Å². The van der Waals surface area contributed by atoms with E-state index in [1.807, 2.05) is 11.8 Å². The molecule has 2 aliphatic rings. The Morgan fingerprint density at radius 3 is 2.18 bits per heavy atom. The molecule has 1 aromatic carbocycles. The van der Waals surface area contributed by atoms with Crippen molar-refractivity contribution in [3.63, 3.8) is 0 Å². The number of aromatic nitrogens is 1. The Bertz CT molecular complexity index is 1100. The van der Waals surface area contributed by atoms with Crippen molar-refractivity contribution in [2.45, 2.75) is 117 Å². The van der Waals surface area contributed by atoms with Gasteiger partial charge in [-0.2, -0.15) is 11.8 Å². The Hall–Kier alpha value is -1.62. The number of nitrogens with zero attached hydrogens (tertiary/aromatic N) is 1. The van der Waals surface area contributed by atoms with Gasteiger partial charge in [-0.3, -0.25) is 4.98 Å². The predicted octanol–water partition coefficient (Wildman–Crippen LogP) is 8.82. The molecule has 0 saturated carbocycles. The average molecular weight is 538 g/mol. The van der Waals surface area contributed by atoms with Crippen LogP contribution in [0, 0.1) is 11.3 Å². The largest absolute Gasteiger partial charge is 0.388 e. The highest BCUT2D eigenvalue weighted by molar-refractivity contribution is 7.99. The molecule has 0 saturated heterocycles. The SMILES string of the molecule is CC(C)Cc1ccc(C(O)c2c(C(C)C)nc3c(c2C2=CCCC2)C(O)CC(C)(C)C3)cc1.CSC(C)C. The Morgan fingerprint density at radius 2 is 1.68 bits per heavy atom. The molecule has 2 aromatic rings. The Morgan fingerprint density at radius 1 is 1.05 bits per heavy atom. The lowest BCUT2D eigenvalue weighted by Gasteiger charge is -2.37. The molecule has 3 nitrogen and oxygen atoms in total. The van der Waals surface area contributed by atoms with Crippen molar-refractivity contribution in [2.24, 2.45) is 11.3 Å². The highest BCUT2D eigenvalue weighted by atomic mass is 32.2. The second-order valence-electron chi connectivity index (χ2n) is 13.0. The molecular weight excluding hydrogens is 486 g/mol. The van der Waals surface area contributed by atoms with Crippen LogP contribution in [0.4, 0.5) is 0 Å². The summed E-state index contributed by atoms with van der Waals surface area (Å²) in [5, 5.41) is 23.9. The molecule has 2 unspecified atom stereocenters. The average Bonchev–Trinajstić information content (AvgIpc) is 3.37. The Labute approximate surface area is 236 Å². The fourth-order valence-electron chi connectivity index (χ4n) is 5.76. The summed E-state index contributed by atoms with van der Waals surface area (Å²) in [6.45, 7) is 17.6. The van der Waals surface area contributed by atoms with Crippen LogP contribution in [0.3, 0.4) is 0 Å². The van der Waals surface area contributed by atoms with Gasteiger partial charge in [-0.25, -0.2) is 0 Å². The molecule has 0 radical (unpaired) electrons. The third-order valence-corrected chi connectivity index (χ3v) is 8.64. The first kappa shape index (κ1) is 30.9. The van der Waals surface area contributed by atoms with Crippen LogP contribution in [0.15, 0.2) is 30.3 Å². The fourth-order valence-corrected chi connectivity index (χ4v) is 5.76. The number of benzene rings is 1. The summed E-state index contributed by atoms with van der Waals surface area (Å²) >= 11 is 1.88.